The van der Waals surface area contributed by atoms with E-state index in [2.05, 4.69) is 17.6 Å². The molecule has 0 spiro atoms. The highest BCUT2D eigenvalue weighted by Gasteiger charge is 2.43. The molecule has 1 saturated carbocycles. The van der Waals surface area contributed by atoms with Crippen LogP contribution < -0.4 is 20.1 Å². The van der Waals surface area contributed by atoms with E-state index in [4.69, 9.17) is 9.47 Å². The number of benzene rings is 1. The summed E-state index contributed by atoms with van der Waals surface area (Å²) in [5, 5.41) is 7.17. The van der Waals surface area contributed by atoms with Crippen LogP contribution in [-0.2, 0) is 0 Å². The summed E-state index contributed by atoms with van der Waals surface area (Å²) < 4.78 is 10.7. The quantitative estimate of drug-likeness (QED) is 0.863. The zero-order valence-corrected chi connectivity index (χ0v) is 11.2. The number of hydrogen-bond donors (Lipinski definition) is 2. The van der Waals surface area contributed by atoms with Gasteiger partial charge in [-0.25, -0.2) is 0 Å². The van der Waals surface area contributed by atoms with E-state index in [-0.39, 0.29) is 5.54 Å². The second-order valence-electron chi connectivity index (χ2n) is 5.42. The van der Waals surface area contributed by atoms with Gasteiger partial charge in [-0.05, 0) is 25.7 Å². The highest BCUT2D eigenvalue weighted by atomic mass is 16.5. The zero-order valence-electron chi connectivity index (χ0n) is 11.2. The van der Waals surface area contributed by atoms with Crippen molar-refractivity contribution in [2.24, 2.45) is 5.92 Å². The summed E-state index contributed by atoms with van der Waals surface area (Å²) in [6, 6.07) is 4.01. The van der Waals surface area contributed by atoms with E-state index in [0.29, 0.717) is 0 Å². The van der Waals surface area contributed by atoms with Gasteiger partial charge in [-0.3, -0.25) is 0 Å². The molecule has 0 amide bonds. The number of rotatable bonds is 3. The smallest absolute Gasteiger partial charge is 0.162 e. The van der Waals surface area contributed by atoms with Crippen LogP contribution in [0.2, 0.25) is 0 Å². The number of hydrogen-bond acceptors (Lipinski definition) is 4. The van der Waals surface area contributed by atoms with Crippen LogP contribution in [0.1, 0.15) is 19.8 Å². The van der Waals surface area contributed by atoms with Crippen LogP contribution in [0.25, 0.3) is 0 Å². The predicted molar refractivity (Wildman–Crippen MR) is 72.8 cm³/mol. The molecule has 0 radical (unpaired) electrons. The lowest BCUT2D eigenvalue weighted by Crippen LogP contribution is -2.47. The SMILES string of the molecule is COc1cc2c(cc1OC)NC(C)(C1CC1)CN2. The van der Waals surface area contributed by atoms with Crippen molar-refractivity contribution in [3.8, 4) is 11.5 Å². The van der Waals surface area contributed by atoms with E-state index in [9.17, 15) is 0 Å². The normalized spacial score (nSPS) is 25.7. The largest absolute Gasteiger partial charge is 0.493 e. The highest BCUT2D eigenvalue weighted by molar-refractivity contribution is 5.77. The second-order valence-corrected chi connectivity index (χ2v) is 5.42. The molecule has 1 heterocycles. The minimum absolute atomic E-state index is 0.159. The fraction of sp³-hybridized carbons (Fsp3) is 0.571. The molecule has 1 fully saturated rings. The first-order chi connectivity index (χ1) is 8.66. The first-order valence-electron chi connectivity index (χ1n) is 6.44. The highest BCUT2D eigenvalue weighted by Crippen LogP contribution is 2.46. The summed E-state index contributed by atoms with van der Waals surface area (Å²) in [5.41, 5.74) is 2.35. The van der Waals surface area contributed by atoms with Crippen molar-refractivity contribution < 1.29 is 9.47 Å². The van der Waals surface area contributed by atoms with Crippen molar-refractivity contribution in [2.45, 2.75) is 25.3 Å². The van der Waals surface area contributed by atoms with Crippen LogP contribution in [0, 0.1) is 5.92 Å². The summed E-state index contributed by atoms with van der Waals surface area (Å²) in [4.78, 5) is 0. The number of fused-ring (bicyclic) bond motifs is 1. The zero-order chi connectivity index (χ0) is 12.8. The van der Waals surface area contributed by atoms with E-state index < -0.39 is 0 Å². The molecule has 3 rings (SSSR count). The average molecular weight is 248 g/mol. The maximum atomic E-state index is 5.35. The van der Waals surface area contributed by atoms with Crippen molar-refractivity contribution in [1.82, 2.24) is 0 Å². The Morgan fingerprint density at radius 3 is 2.28 bits per heavy atom. The molecule has 1 atom stereocenters. The molecule has 1 unspecified atom stereocenters. The molecule has 1 aromatic carbocycles. The van der Waals surface area contributed by atoms with Crippen LogP contribution in [0.3, 0.4) is 0 Å². The Kier molecular flexibility index (Phi) is 2.54. The lowest BCUT2D eigenvalue weighted by atomic mass is 9.92. The van der Waals surface area contributed by atoms with Gasteiger partial charge in [0.2, 0.25) is 0 Å². The number of anilines is 2. The van der Waals surface area contributed by atoms with Crippen LogP contribution in [0.15, 0.2) is 12.1 Å². The monoisotopic (exact) mass is 248 g/mol. The molecule has 2 N–H and O–H groups in total. The fourth-order valence-corrected chi connectivity index (χ4v) is 2.73. The molecular weight excluding hydrogens is 228 g/mol. The Morgan fingerprint density at radius 1 is 1.11 bits per heavy atom. The predicted octanol–water partition coefficient (Wildman–Crippen LogP) is 2.71. The third kappa shape index (κ3) is 1.76. The maximum absolute atomic E-state index is 5.35. The summed E-state index contributed by atoms with van der Waals surface area (Å²) in [7, 11) is 3.33. The molecular formula is C14H20N2O2. The Hall–Kier alpha value is -1.58. The van der Waals surface area contributed by atoms with Gasteiger partial charge < -0.3 is 20.1 Å². The van der Waals surface area contributed by atoms with Gasteiger partial charge in [-0.2, -0.15) is 0 Å². The molecule has 0 aromatic heterocycles. The minimum Gasteiger partial charge on any atom is -0.493 e. The van der Waals surface area contributed by atoms with E-state index in [1.54, 1.807) is 14.2 Å². The molecule has 0 bridgehead atoms. The molecule has 1 aromatic rings. The standard InChI is InChI=1S/C14H20N2O2/c1-14(9-4-5-9)8-15-10-6-12(17-2)13(18-3)7-11(10)16-14/h6-7,9,15-16H,4-5,8H2,1-3H3. The number of ether oxygens (including phenoxy) is 2. The number of nitrogens with one attached hydrogen (secondary N) is 2. The van der Waals surface area contributed by atoms with Gasteiger partial charge in [-0.15, -0.1) is 0 Å². The average Bonchev–Trinajstić information content (AvgIpc) is 3.21. The van der Waals surface area contributed by atoms with Gasteiger partial charge in [0.25, 0.3) is 0 Å². The lowest BCUT2D eigenvalue weighted by Gasteiger charge is -2.38. The van der Waals surface area contributed by atoms with Crippen molar-refractivity contribution in [3.63, 3.8) is 0 Å². The van der Waals surface area contributed by atoms with E-state index in [1.165, 1.54) is 12.8 Å². The minimum atomic E-state index is 0.159. The molecule has 1 aliphatic carbocycles. The van der Waals surface area contributed by atoms with Crippen LogP contribution >= 0.6 is 0 Å². The Morgan fingerprint density at radius 2 is 1.72 bits per heavy atom. The van der Waals surface area contributed by atoms with Crippen molar-refractivity contribution in [1.29, 1.82) is 0 Å². The van der Waals surface area contributed by atoms with Gasteiger partial charge in [0, 0.05) is 18.7 Å². The van der Waals surface area contributed by atoms with E-state index >= 15 is 0 Å². The summed E-state index contributed by atoms with van der Waals surface area (Å²) in [6.07, 6.45) is 2.65. The van der Waals surface area contributed by atoms with Gasteiger partial charge in [0.05, 0.1) is 31.1 Å². The van der Waals surface area contributed by atoms with Crippen molar-refractivity contribution >= 4 is 11.4 Å². The maximum Gasteiger partial charge on any atom is 0.162 e. The fourth-order valence-electron chi connectivity index (χ4n) is 2.73. The molecule has 18 heavy (non-hydrogen) atoms. The second kappa shape index (κ2) is 3.97. The first kappa shape index (κ1) is 11.5. The Bertz CT molecular complexity index is 471. The van der Waals surface area contributed by atoms with Crippen molar-refractivity contribution in [3.05, 3.63) is 12.1 Å². The first-order valence-corrected chi connectivity index (χ1v) is 6.44. The topological polar surface area (TPSA) is 42.5 Å². The van der Waals surface area contributed by atoms with Gasteiger partial charge in [0.1, 0.15) is 0 Å². The molecule has 4 nitrogen and oxygen atoms in total. The molecule has 2 aliphatic rings. The molecule has 98 valence electrons. The Labute approximate surface area is 108 Å². The summed E-state index contributed by atoms with van der Waals surface area (Å²) in [6.45, 7) is 3.25. The van der Waals surface area contributed by atoms with E-state index in [0.717, 1.165) is 35.3 Å². The third-order valence-corrected chi connectivity index (χ3v) is 4.07. The number of methoxy groups -OCH3 is 2. The molecule has 4 heteroatoms. The third-order valence-electron chi connectivity index (χ3n) is 4.07. The molecule has 0 saturated heterocycles. The lowest BCUT2D eigenvalue weighted by molar-refractivity contribution is 0.354. The van der Waals surface area contributed by atoms with Gasteiger partial charge in [-0.1, -0.05) is 0 Å². The van der Waals surface area contributed by atoms with Gasteiger partial charge >= 0.3 is 0 Å². The summed E-state index contributed by atoms with van der Waals surface area (Å²) in [5.74, 6) is 2.32. The van der Waals surface area contributed by atoms with Gasteiger partial charge in [0.15, 0.2) is 11.5 Å². The van der Waals surface area contributed by atoms with Crippen molar-refractivity contribution in [2.75, 3.05) is 31.4 Å². The Balaban J connectivity index is 1.95. The van der Waals surface area contributed by atoms with E-state index in [1.807, 2.05) is 12.1 Å². The van der Waals surface area contributed by atoms with Crippen LogP contribution in [0.5, 0.6) is 11.5 Å². The summed E-state index contributed by atoms with van der Waals surface area (Å²) >= 11 is 0. The van der Waals surface area contributed by atoms with Crippen LogP contribution in [0.4, 0.5) is 11.4 Å². The molecule has 1 aliphatic heterocycles. The van der Waals surface area contributed by atoms with Crippen LogP contribution in [-0.4, -0.2) is 26.3 Å².